The zero-order chi connectivity index (χ0) is 15.4. The van der Waals surface area contributed by atoms with Crippen LogP contribution in [0.5, 0.6) is 0 Å². The number of benzene rings is 2. The monoisotopic (exact) mass is 298 g/mol. The standard InChI is InChI=1S/C17H15ClN2O/c1-12(21)16-7-6-13(10-19)9-17(16)20(2)11-14-4-3-5-15(18)8-14/h3-9H,11H2,1-2H3. The van der Waals surface area contributed by atoms with E-state index in [0.29, 0.717) is 22.7 Å². The molecule has 2 aromatic rings. The summed E-state index contributed by atoms with van der Waals surface area (Å²) in [5.41, 5.74) is 2.94. The van der Waals surface area contributed by atoms with E-state index in [2.05, 4.69) is 6.07 Å². The van der Waals surface area contributed by atoms with Crippen LogP contribution in [0.25, 0.3) is 0 Å². The molecule has 0 aromatic heterocycles. The van der Waals surface area contributed by atoms with Crippen LogP contribution in [0.3, 0.4) is 0 Å². The molecule has 0 N–H and O–H groups in total. The van der Waals surface area contributed by atoms with Gasteiger partial charge in [-0.1, -0.05) is 23.7 Å². The number of nitrogens with zero attached hydrogens (tertiary/aromatic N) is 2. The molecule has 0 fully saturated rings. The van der Waals surface area contributed by atoms with Crippen LogP contribution in [0, 0.1) is 11.3 Å². The van der Waals surface area contributed by atoms with Gasteiger partial charge >= 0.3 is 0 Å². The number of ketones is 1. The van der Waals surface area contributed by atoms with Crippen LogP contribution in [-0.2, 0) is 6.54 Å². The molecule has 0 aliphatic carbocycles. The van der Waals surface area contributed by atoms with Gasteiger partial charge in [-0.25, -0.2) is 0 Å². The topological polar surface area (TPSA) is 44.1 Å². The Labute approximate surface area is 129 Å². The molecule has 0 aliphatic heterocycles. The summed E-state index contributed by atoms with van der Waals surface area (Å²) in [5.74, 6) is -0.0209. The average molecular weight is 299 g/mol. The number of rotatable bonds is 4. The highest BCUT2D eigenvalue weighted by molar-refractivity contribution is 6.30. The Morgan fingerprint density at radius 2 is 2.05 bits per heavy atom. The first-order chi connectivity index (χ1) is 10.0. The van der Waals surface area contributed by atoms with Crippen molar-refractivity contribution in [2.75, 3.05) is 11.9 Å². The van der Waals surface area contributed by atoms with Gasteiger partial charge in [-0.2, -0.15) is 5.26 Å². The van der Waals surface area contributed by atoms with E-state index in [1.807, 2.05) is 36.2 Å². The van der Waals surface area contributed by atoms with Crippen LogP contribution in [0.1, 0.15) is 28.4 Å². The van der Waals surface area contributed by atoms with Crippen molar-refractivity contribution >= 4 is 23.1 Å². The number of carbonyl (C=O) groups excluding carboxylic acids is 1. The molecule has 2 aromatic carbocycles. The number of Topliss-reactive ketones (excluding diaryl/α,β-unsaturated/α-hetero) is 1. The summed E-state index contributed by atoms with van der Waals surface area (Å²) in [6, 6.07) is 14.8. The van der Waals surface area contributed by atoms with E-state index >= 15 is 0 Å². The van der Waals surface area contributed by atoms with Gasteiger partial charge in [-0.05, 0) is 42.8 Å². The first-order valence-electron chi connectivity index (χ1n) is 6.52. The largest absolute Gasteiger partial charge is 0.370 e. The van der Waals surface area contributed by atoms with Gasteiger partial charge in [0.05, 0.1) is 11.6 Å². The second-order valence-corrected chi connectivity index (χ2v) is 5.32. The Bertz CT molecular complexity index is 719. The van der Waals surface area contributed by atoms with E-state index in [9.17, 15) is 4.79 Å². The van der Waals surface area contributed by atoms with E-state index in [-0.39, 0.29) is 5.78 Å². The number of hydrogen-bond acceptors (Lipinski definition) is 3. The van der Waals surface area contributed by atoms with Crippen molar-refractivity contribution in [3.05, 3.63) is 64.2 Å². The van der Waals surface area contributed by atoms with Crippen LogP contribution in [0.4, 0.5) is 5.69 Å². The molecule has 0 spiro atoms. The molecule has 0 bridgehead atoms. The van der Waals surface area contributed by atoms with Gasteiger partial charge in [0.2, 0.25) is 0 Å². The quantitative estimate of drug-likeness (QED) is 0.800. The Morgan fingerprint density at radius 3 is 2.67 bits per heavy atom. The van der Waals surface area contributed by atoms with Crippen LogP contribution in [0.2, 0.25) is 5.02 Å². The fourth-order valence-electron chi connectivity index (χ4n) is 2.21. The van der Waals surface area contributed by atoms with Crippen molar-refractivity contribution < 1.29 is 4.79 Å². The van der Waals surface area contributed by atoms with Crippen molar-refractivity contribution in [3.63, 3.8) is 0 Å². The maximum absolute atomic E-state index is 11.7. The Kier molecular flexibility index (Phi) is 4.62. The minimum absolute atomic E-state index is 0.0209. The van der Waals surface area contributed by atoms with E-state index in [0.717, 1.165) is 11.3 Å². The van der Waals surface area contributed by atoms with Crippen molar-refractivity contribution in [1.29, 1.82) is 5.26 Å². The zero-order valence-corrected chi connectivity index (χ0v) is 12.7. The van der Waals surface area contributed by atoms with Gasteiger partial charge in [0, 0.05) is 29.9 Å². The van der Waals surface area contributed by atoms with Crippen LogP contribution in [-0.4, -0.2) is 12.8 Å². The molecule has 3 nitrogen and oxygen atoms in total. The molecular weight excluding hydrogens is 284 g/mol. The highest BCUT2D eigenvalue weighted by atomic mass is 35.5. The number of carbonyl (C=O) groups is 1. The molecule has 0 saturated heterocycles. The average Bonchev–Trinajstić information content (AvgIpc) is 2.46. The normalized spacial score (nSPS) is 10.0. The molecule has 0 unspecified atom stereocenters. The summed E-state index contributed by atoms with van der Waals surface area (Å²) in [7, 11) is 1.89. The minimum Gasteiger partial charge on any atom is -0.370 e. The van der Waals surface area contributed by atoms with Crippen molar-refractivity contribution in [2.45, 2.75) is 13.5 Å². The van der Waals surface area contributed by atoms with Crippen LogP contribution < -0.4 is 4.90 Å². The second-order valence-electron chi connectivity index (χ2n) is 4.89. The maximum Gasteiger partial charge on any atom is 0.161 e. The minimum atomic E-state index is -0.0209. The van der Waals surface area contributed by atoms with Gasteiger partial charge in [-0.15, -0.1) is 0 Å². The first-order valence-corrected chi connectivity index (χ1v) is 6.89. The number of halogens is 1. The molecule has 0 saturated carbocycles. The molecule has 106 valence electrons. The number of anilines is 1. The van der Waals surface area contributed by atoms with Gasteiger partial charge in [0.25, 0.3) is 0 Å². The third-order valence-corrected chi connectivity index (χ3v) is 3.46. The summed E-state index contributed by atoms with van der Waals surface area (Å²) in [5, 5.41) is 9.71. The van der Waals surface area contributed by atoms with E-state index in [4.69, 9.17) is 16.9 Å². The predicted octanol–water partition coefficient (Wildman–Crippen LogP) is 4.05. The second kappa shape index (κ2) is 6.43. The third kappa shape index (κ3) is 3.62. The lowest BCUT2D eigenvalue weighted by atomic mass is 10.0. The van der Waals surface area contributed by atoms with Crippen molar-refractivity contribution in [1.82, 2.24) is 0 Å². The van der Waals surface area contributed by atoms with E-state index in [1.165, 1.54) is 6.92 Å². The fraction of sp³-hybridized carbons (Fsp3) is 0.176. The molecule has 0 aliphatic rings. The maximum atomic E-state index is 11.7. The van der Waals surface area contributed by atoms with Crippen molar-refractivity contribution in [3.8, 4) is 6.07 Å². The number of hydrogen-bond donors (Lipinski definition) is 0. The van der Waals surface area contributed by atoms with Gasteiger partial charge < -0.3 is 4.90 Å². The highest BCUT2D eigenvalue weighted by Gasteiger charge is 2.12. The van der Waals surface area contributed by atoms with Crippen molar-refractivity contribution in [2.24, 2.45) is 0 Å². The summed E-state index contributed by atoms with van der Waals surface area (Å²) >= 11 is 5.99. The Morgan fingerprint density at radius 1 is 1.29 bits per heavy atom. The van der Waals surface area contributed by atoms with E-state index in [1.54, 1.807) is 18.2 Å². The Hall–Kier alpha value is -2.31. The summed E-state index contributed by atoms with van der Waals surface area (Å²) in [6.07, 6.45) is 0. The summed E-state index contributed by atoms with van der Waals surface area (Å²) in [4.78, 5) is 13.7. The first kappa shape index (κ1) is 15.1. The molecule has 0 heterocycles. The van der Waals surface area contributed by atoms with Gasteiger partial charge in [-0.3, -0.25) is 4.79 Å². The van der Waals surface area contributed by atoms with Crippen LogP contribution in [0.15, 0.2) is 42.5 Å². The lowest BCUT2D eigenvalue weighted by Gasteiger charge is -2.22. The molecular formula is C17H15ClN2O. The van der Waals surface area contributed by atoms with E-state index < -0.39 is 0 Å². The third-order valence-electron chi connectivity index (χ3n) is 3.23. The van der Waals surface area contributed by atoms with Gasteiger partial charge in [0.15, 0.2) is 5.78 Å². The SMILES string of the molecule is CC(=O)c1ccc(C#N)cc1N(C)Cc1cccc(Cl)c1. The molecule has 0 atom stereocenters. The predicted molar refractivity (Wildman–Crippen MR) is 84.7 cm³/mol. The smallest absolute Gasteiger partial charge is 0.161 e. The molecule has 0 radical (unpaired) electrons. The fourth-order valence-corrected chi connectivity index (χ4v) is 2.42. The summed E-state index contributed by atoms with van der Waals surface area (Å²) in [6.45, 7) is 2.13. The highest BCUT2D eigenvalue weighted by Crippen LogP contribution is 2.24. The lowest BCUT2D eigenvalue weighted by molar-refractivity contribution is 0.101. The lowest BCUT2D eigenvalue weighted by Crippen LogP contribution is -2.19. The van der Waals surface area contributed by atoms with Crippen LogP contribution >= 0.6 is 11.6 Å². The molecule has 4 heteroatoms. The zero-order valence-electron chi connectivity index (χ0n) is 11.9. The Balaban J connectivity index is 2.35. The number of nitriles is 1. The molecule has 0 amide bonds. The molecule has 2 rings (SSSR count). The summed E-state index contributed by atoms with van der Waals surface area (Å²) < 4.78 is 0. The van der Waals surface area contributed by atoms with Gasteiger partial charge in [0.1, 0.15) is 0 Å². The molecule has 21 heavy (non-hydrogen) atoms.